The number of rotatable bonds is 6. The predicted octanol–water partition coefficient (Wildman–Crippen LogP) is 2.14. The van der Waals surface area contributed by atoms with Crippen molar-refractivity contribution >= 4 is 5.91 Å². The fourth-order valence-corrected chi connectivity index (χ4v) is 2.59. The molecule has 1 aliphatic heterocycles. The topological polar surface area (TPSA) is 54.7 Å². The zero-order chi connectivity index (χ0) is 14.4. The summed E-state index contributed by atoms with van der Waals surface area (Å²) < 4.78 is 10.5. The molecule has 1 saturated heterocycles. The van der Waals surface area contributed by atoms with E-state index in [0.29, 0.717) is 30.8 Å². The molecule has 2 heterocycles. The van der Waals surface area contributed by atoms with Crippen molar-refractivity contribution in [3.8, 4) is 5.95 Å². The molecule has 0 aliphatic carbocycles. The van der Waals surface area contributed by atoms with Crippen molar-refractivity contribution in [2.75, 3.05) is 32.8 Å². The number of carbonyl (C=O) groups excluding carboxylic acids is 1. The van der Waals surface area contributed by atoms with Gasteiger partial charge < -0.3 is 19.4 Å². The number of hydrogen-bond donors (Lipinski definition) is 1. The van der Waals surface area contributed by atoms with E-state index in [0.717, 1.165) is 13.1 Å². The maximum absolute atomic E-state index is 12.0. The Balaban J connectivity index is 1.79. The largest absolute Gasteiger partial charge is 0.465 e. The minimum atomic E-state index is -0.162. The molecule has 1 aromatic heterocycles. The molecule has 0 unspecified atom stereocenters. The molecule has 1 N–H and O–H groups in total. The van der Waals surface area contributed by atoms with E-state index in [-0.39, 0.29) is 5.91 Å². The summed E-state index contributed by atoms with van der Waals surface area (Å²) >= 11 is 0. The molecule has 0 spiro atoms. The van der Waals surface area contributed by atoms with E-state index in [1.165, 1.54) is 19.4 Å². The van der Waals surface area contributed by atoms with Crippen LogP contribution in [0, 0.1) is 5.92 Å². The highest BCUT2D eigenvalue weighted by atomic mass is 16.6. The number of piperidine rings is 1. The molecule has 1 aliphatic rings. The van der Waals surface area contributed by atoms with Gasteiger partial charge in [-0.2, -0.15) is 0 Å². The van der Waals surface area contributed by atoms with E-state index in [1.54, 1.807) is 12.1 Å². The Morgan fingerprint density at radius 3 is 3.10 bits per heavy atom. The molecule has 0 bridgehead atoms. The number of carbonyl (C=O) groups is 1. The molecule has 5 nitrogen and oxygen atoms in total. The predicted molar refractivity (Wildman–Crippen MR) is 77.0 cm³/mol. The van der Waals surface area contributed by atoms with Gasteiger partial charge >= 0.3 is 0 Å². The fraction of sp³-hybridized carbons (Fsp3) is 0.667. The van der Waals surface area contributed by atoms with Crippen molar-refractivity contribution in [1.82, 2.24) is 10.2 Å². The lowest BCUT2D eigenvalue weighted by Gasteiger charge is -2.31. The van der Waals surface area contributed by atoms with Crippen LogP contribution in [0.15, 0.2) is 16.5 Å². The maximum atomic E-state index is 12.0. The SMILES string of the molecule is CCOc1ccc(C(=O)NC[C@H]2CCCN(CC)C2)o1. The van der Waals surface area contributed by atoms with E-state index in [2.05, 4.69) is 17.1 Å². The molecule has 5 heteroatoms. The smallest absolute Gasteiger partial charge is 0.287 e. The lowest BCUT2D eigenvalue weighted by atomic mass is 9.98. The van der Waals surface area contributed by atoms with Gasteiger partial charge in [-0.25, -0.2) is 0 Å². The van der Waals surface area contributed by atoms with Crippen LogP contribution in [0.5, 0.6) is 5.95 Å². The standard InChI is InChI=1S/C15H24N2O3/c1-3-17-9-5-6-12(11-17)10-16-15(18)13-7-8-14(20-13)19-4-2/h7-8,12H,3-6,9-11H2,1-2H3,(H,16,18)/t12-/m1/s1. The first-order chi connectivity index (χ1) is 9.72. The lowest BCUT2D eigenvalue weighted by molar-refractivity contribution is 0.0898. The molecule has 1 aromatic rings. The van der Waals surface area contributed by atoms with Crippen molar-refractivity contribution in [3.63, 3.8) is 0 Å². The Hall–Kier alpha value is -1.49. The highest BCUT2D eigenvalue weighted by Gasteiger charge is 2.20. The average molecular weight is 280 g/mol. The third-order valence-electron chi connectivity index (χ3n) is 3.69. The van der Waals surface area contributed by atoms with Crippen LogP contribution in [0.2, 0.25) is 0 Å². The highest BCUT2D eigenvalue weighted by Crippen LogP contribution is 2.17. The first kappa shape index (κ1) is 14.9. The Morgan fingerprint density at radius 1 is 1.50 bits per heavy atom. The summed E-state index contributed by atoms with van der Waals surface area (Å²) in [5.74, 6) is 1.09. The zero-order valence-corrected chi connectivity index (χ0v) is 12.4. The molecular weight excluding hydrogens is 256 g/mol. The third kappa shape index (κ3) is 4.00. The second kappa shape index (κ2) is 7.33. The molecule has 20 heavy (non-hydrogen) atoms. The van der Waals surface area contributed by atoms with Gasteiger partial charge in [0, 0.05) is 19.2 Å². The van der Waals surface area contributed by atoms with Crippen LogP contribution in [-0.4, -0.2) is 43.6 Å². The third-order valence-corrected chi connectivity index (χ3v) is 3.69. The van der Waals surface area contributed by atoms with E-state index in [9.17, 15) is 4.79 Å². The van der Waals surface area contributed by atoms with Crippen molar-refractivity contribution in [2.45, 2.75) is 26.7 Å². The van der Waals surface area contributed by atoms with Gasteiger partial charge in [0.25, 0.3) is 11.9 Å². The molecular formula is C15H24N2O3. The number of nitrogens with one attached hydrogen (secondary N) is 1. The van der Waals surface area contributed by atoms with Gasteiger partial charge in [0.05, 0.1) is 6.61 Å². The second-order valence-electron chi connectivity index (χ2n) is 5.16. The summed E-state index contributed by atoms with van der Waals surface area (Å²) in [5.41, 5.74) is 0. The van der Waals surface area contributed by atoms with Gasteiger partial charge in [0.2, 0.25) is 0 Å². The molecule has 1 atom stereocenters. The van der Waals surface area contributed by atoms with E-state index < -0.39 is 0 Å². The van der Waals surface area contributed by atoms with E-state index in [4.69, 9.17) is 9.15 Å². The van der Waals surface area contributed by atoms with E-state index >= 15 is 0 Å². The molecule has 1 fully saturated rings. The van der Waals surface area contributed by atoms with Crippen LogP contribution in [0.3, 0.4) is 0 Å². The molecule has 1 amide bonds. The van der Waals surface area contributed by atoms with Crippen LogP contribution in [-0.2, 0) is 0 Å². The first-order valence-corrected chi connectivity index (χ1v) is 7.46. The summed E-state index contributed by atoms with van der Waals surface area (Å²) in [6, 6.07) is 3.33. The first-order valence-electron chi connectivity index (χ1n) is 7.46. The fourth-order valence-electron chi connectivity index (χ4n) is 2.59. The molecule has 0 aromatic carbocycles. The van der Waals surface area contributed by atoms with Crippen molar-refractivity contribution in [3.05, 3.63) is 17.9 Å². The minimum absolute atomic E-state index is 0.162. The number of ether oxygens (including phenoxy) is 1. The summed E-state index contributed by atoms with van der Waals surface area (Å²) in [5, 5.41) is 2.95. The minimum Gasteiger partial charge on any atom is -0.465 e. The Kier molecular flexibility index (Phi) is 5.47. The number of nitrogens with zero attached hydrogens (tertiary/aromatic N) is 1. The summed E-state index contributed by atoms with van der Waals surface area (Å²) in [6.45, 7) is 8.63. The average Bonchev–Trinajstić information content (AvgIpc) is 2.94. The number of amides is 1. The summed E-state index contributed by atoms with van der Waals surface area (Å²) in [6.07, 6.45) is 2.39. The Labute approximate surface area is 120 Å². The number of hydrogen-bond acceptors (Lipinski definition) is 4. The quantitative estimate of drug-likeness (QED) is 0.867. The monoisotopic (exact) mass is 280 g/mol. The van der Waals surface area contributed by atoms with Gasteiger partial charge in [-0.1, -0.05) is 6.92 Å². The van der Waals surface area contributed by atoms with Gasteiger partial charge in [0.15, 0.2) is 5.76 Å². The molecule has 112 valence electrons. The van der Waals surface area contributed by atoms with Gasteiger partial charge in [-0.3, -0.25) is 4.79 Å². The molecule has 2 rings (SSSR count). The normalized spacial score (nSPS) is 19.8. The number of likely N-dealkylation sites (tertiary alicyclic amines) is 1. The Morgan fingerprint density at radius 2 is 2.35 bits per heavy atom. The Bertz CT molecular complexity index is 431. The van der Waals surface area contributed by atoms with Crippen LogP contribution in [0.1, 0.15) is 37.2 Å². The molecule has 0 radical (unpaired) electrons. The van der Waals surface area contributed by atoms with Crippen molar-refractivity contribution in [1.29, 1.82) is 0 Å². The molecule has 0 saturated carbocycles. The van der Waals surface area contributed by atoms with E-state index in [1.807, 2.05) is 6.92 Å². The van der Waals surface area contributed by atoms with Crippen molar-refractivity contribution < 1.29 is 13.9 Å². The van der Waals surface area contributed by atoms with Crippen molar-refractivity contribution in [2.24, 2.45) is 5.92 Å². The summed E-state index contributed by atoms with van der Waals surface area (Å²) in [4.78, 5) is 14.4. The van der Waals surface area contributed by atoms with Gasteiger partial charge in [-0.05, 0) is 44.8 Å². The highest BCUT2D eigenvalue weighted by molar-refractivity contribution is 5.91. The summed E-state index contributed by atoms with van der Waals surface area (Å²) in [7, 11) is 0. The van der Waals surface area contributed by atoms with Crippen LogP contribution >= 0.6 is 0 Å². The second-order valence-corrected chi connectivity index (χ2v) is 5.16. The van der Waals surface area contributed by atoms with Crippen LogP contribution in [0.4, 0.5) is 0 Å². The van der Waals surface area contributed by atoms with Gasteiger partial charge in [-0.15, -0.1) is 0 Å². The van der Waals surface area contributed by atoms with Gasteiger partial charge in [0.1, 0.15) is 0 Å². The zero-order valence-electron chi connectivity index (χ0n) is 12.4. The van der Waals surface area contributed by atoms with Crippen LogP contribution < -0.4 is 10.1 Å². The lowest BCUT2D eigenvalue weighted by Crippen LogP contribution is -2.40. The number of furan rings is 1. The van der Waals surface area contributed by atoms with Crippen LogP contribution in [0.25, 0.3) is 0 Å². The maximum Gasteiger partial charge on any atom is 0.287 e.